The minimum atomic E-state index is -0.645. The minimum absolute atomic E-state index is 0.0205. The van der Waals surface area contributed by atoms with Crippen LogP contribution in [0.1, 0.15) is 15.9 Å². The predicted octanol–water partition coefficient (Wildman–Crippen LogP) is 1.28. The maximum absolute atomic E-state index is 12.1. The SMILES string of the molecule is COc1n[nH]c(NC(=O)c2c(C)cccc2[N+](=O)[O-])n1. The number of benzene rings is 1. The van der Waals surface area contributed by atoms with E-state index in [0.717, 1.165) is 0 Å². The lowest BCUT2D eigenvalue weighted by molar-refractivity contribution is -0.385. The number of nitrogens with zero attached hydrogens (tertiary/aromatic N) is 3. The first-order chi connectivity index (χ1) is 9.52. The van der Waals surface area contributed by atoms with Crippen molar-refractivity contribution in [1.82, 2.24) is 15.2 Å². The van der Waals surface area contributed by atoms with E-state index < -0.39 is 10.8 Å². The standard InChI is InChI=1S/C11H11N5O4/c1-6-4-3-5-7(16(18)19)8(6)9(17)12-10-13-11(20-2)15-14-10/h3-5H,1-2H3,(H2,12,13,14,15,17). The lowest BCUT2D eigenvalue weighted by atomic mass is 10.1. The van der Waals surface area contributed by atoms with Crippen molar-refractivity contribution in [2.75, 3.05) is 12.4 Å². The second-order valence-corrected chi connectivity index (χ2v) is 3.85. The van der Waals surface area contributed by atoms with Crippen LogP contribution in [-0.4, -0.2) is 33.1 Å². The molecule has 9 nitrogen and oxygen atoms in total. The van der Waals surface area contributed by atoms with E-state index in [-0.39, 0.29) is 23.2 Å². The highest BCUT2D eigenvalue weighted by molar-refractivity contribution is 6.07. The molecule has 2 N–H and O–H groups in total. The Kier molecular flexibility index (Phi) is 3.60. The molecular weight excluding hydrogens is 266 g/mol. The van der Waals surface area contributed by atoms with Crippen molar-refractivity contribution in [2.45, 2.75) is 6.92 Å². The highest BCUT2D eigenvalue weighted by atomic mass is 16.6. The van der Waals surface area contributed by atoms with Crippen LogP contribution in [0.25, 0.3) is 0 Å². The molecule has 0 radical (unpaired) electrons. The Morgan fingerprint density at radius 3 is 2.85 bits per heavy atom. The summed E-state index contributed by atoms with van der Waals surface area (Å²) in [5.41, 5.74) is 0.199. The summed E-state index contributed by atoms with van der Waals surface area (Å²) in [5.74, 6) is -0.599. The Balaban J connectivity index is 2.31. The van der Waals surface area contributed by atoms with Crippen molar-refractivity contribution < 1.29 is 14.5 Å². The molecule has 0 atom stereocenters. The highest BCUT2D eigenvalue weighted by Gasteiger charge is 2.23. The third kappa shape index (κ3) is 2.55. The van der Waals surface area contributed by atoms with E-state index in [1.807, 2.05) is 0 Å². The topological polar surface area (TPSA) is 123 Å². The van der Waals surface area contributed by atoms with Gasteiger partial charge in [-0.25, -0.2) is 5.10 Å². The van der Waals surface area contributed by atoms with Gasteiger partial charge in [-0.1, -0.05) is 12.1 Å². The largest absolute Gasteiger partial charge is 0.466 e. The van der Waals surface area contributed by atoms with E-state index in [9.17, 15) is 14.9 Å². The molecule has 2 rings (SSSR count). The number of hydrogen-bond acceptors (Lipinski definition) is 6. The first kappa shape index (κ1) is 13.5. The van der Waals surface area contributed by atoms with Gasteiger partial charge in [0.2, 0.25) is 5.95 Å². The van der Waals surface area contributed by atoms with Crippen molar-refractivity contribution in [1.29, 1.82) is 0 Å². The summed E-state index contributed by atoms with van der Waals surface area (Å²) in [4.78, 5) is 26.3. The van der Waals surface area contributed by atoms with Crippen molar-refractivity contribution in [2.24, 2.45) is 0 Å². The van der Waals surface area contributed by atoms with Crippen molar-refractivity contribution in [3.05, 3.63) is 39.4 Å². The van der Waals surface area contributed by atoms with Crippen molar-refractivity contribution in [3.63, 3.8) is 0 Å². The van der Waals surface area contributed by atoms with Crippen LogP contribution in [0.2, 0.25) is 0 Å². The second-order valence-electron chi connectivity index (χ2n) is 3.85. The quantitative estimate of drug-likeness (QED) is 0.641. The number of nitro benzene ring substituents is 1. The number of nitro groups is 1. The maximum atomic E-state index is 12.1. The zero-order valence-corrected chi connectivity index (χ0v) is 10.7. The summed E-state index contributed by atoms with van der Waals surface area (Å²) in [6.07, 6.45) is 0. The summed E-state index contributed by atoms with van der Waals surface area (Å²) in [6, 6.07) is 4.45. The summed E-state index contributed by atoms with van der Waals surface area (Å²) in [7, 11) is 1.38. The summed E-state index contributed by atoms with van der Waals surface area (Å²) >= 11 is 0. The van der Waals surface area contributed by atoms with Crippen LogP contribution in [0.15, 0.2) is 18.2 Å². The molecule has 0 spiro atoms. The van der Waals surface area contributed by atoms with Crippen LogP contribution < -0.4 is 10.1 Å². The fourth-order valence-corrected chi connectivity index (χ4v) is 1.66. The van der Waals surface area contributed by atoms with E-state index >= 15 is 0 Å². The average molecular weight is 277 g/mol. The monoisotopic (exact) mass is 277 g/mol. The number of methoxy groups -OCH3 is 1. The fraction of sp³-hybridized carbons (Fsp3) is 0.182. The maximum Gasteiger partial charge on any atom is 0.336 e. The lowest BCUT2D eigenvalue weighted by Gasteiger charge is -2.05. The highest BCUT2D eigenvalue weighted by Crippen LogP contribution is 2.22. The number of aryl methyl sites for hydroxylation is 1. The number of ether oxygens (including phenoxy) is 1. The third-order valence-electron chi connectivity index (χ3n) is 2.55. The Bertz CT molecular complexity index is 667. The van der Waals surface area contributed by atoms with Crippen molar-refractivity contribution >= 4 is 17.5 Å². The van der Waals surface area contributed by atoms with E-state index in [1.165, 1.54) is 19.2 Å². The van der Waals surface area contributed by atoms with E-state index in [2.05, 4.69) is 20.5 Å². The minimum Gasteiger partial charge on any atom is -0.466 e. The van der Waals surface area contributed by atoms with Gasteiger partial charge in [0, 0.05) is 6.07 Å². The number of H-pyrrole nitrogens is 1. The van der Waals surface area contributed by atoms with Gasteiger partial charge < -0.3 is 4.74 Å². The third-order valence-corrected chi connectivity index (χ3v) is 2.55. The van der Waals surface area contributed by atoms with Crippen LogP contribution in [0, 0.1) is 17.0 Å². The Hall–Kier alpha value is -2.97. The van der Waals surface area contributed by atoms with Gasteiger partial charge in [-0.15, -0.1) is 5.10 Å². The van der Waals surface area contributed by atoms with Crippen LogP contribution in [0.5, 0.6) is 6.01 Å². The first-order valence-electron chi connectivity index (χ1n) is 5.54. The van der Waals surface area contributed by atoms with Crippen molar-refractivity contribution in [3.8, 4) is 6.01 Å². The summed E-state index contributed by atoms with van der Waals surface area (Å²) < 4.78 is 4.75. The summed E-state index contributed by atoms with van der Waals surface area (Å²) in [6.45, 7) is 1.61. The van der Waals surface area contributed by atoms with Gasteiger partial charge in [0.1, 0.15) is 5.56 Å². The number of nitrogens with one attached hydrogen (secondary N) is 2. The molecular formula is C11H11N5O4. The zero-order valence-electron chi connectivity index (χ0n) is 10.7. The molecule has 1 aromatic heterocycles. The second kappa shape index (κ2) is 5.34. The van der Waals surface area contributed by atoms with Crippen LogP contribution in [-0.2, 0) is 0 Å². The number of carbonyl (C=O) groups excluding carboxylic acids is 1. The number of rotatable bonds is 4. The van der Waals surface area contributed by atoms with Gasteiger partial charge in [-0.2, -0.15) is 4.98 Å². The average Bonchev–Trinajstić information content (AvgIpc) is 2.85. The fourth-order valence-electron chi connectivity index (χ4n) is 1.66. The number of hydrogen-bond donors (Lipinski definition) is 2. The van der Waals surface area contributed by atoms with Crippen LogP contribution in [0.4, 0.5) is 11.6 Å². The van der Waals surface area contributed by atoms with E-state index in [0.29, 0.717) is 5.56 Å². The van der Waals surface area contributed by atoms with Gasteiger partial charge in [0.25, 0.3) is 11.6 Å². The molecule has 0 unspecified atom stereocenters. The number of anilines is 1. The zero-order chi connectivity index (χ0) is 14.7. The first-order valence-corrected chi connectivity index (χ1v) is 5.54. The predicted molar refractivity (Wildman–Crippen MR) is 68.7 cm³/mol. The molecule has 9 heteroatoms. The van der Waals surface area contributed by atoms with E-state index in [4.69, 9.17) is 4.74 Å². The molecule has 0 aliphatic carbocycles. The van der Waals surface area contributed by atoms with E-state index in [1.54, 1.807) is 13.0 Å². The molecule has 0 saturated heterocycles. The molecule has 0 aliphatic heterocycles. The molecule has 0 aliphatic rings. The molecule has 104 valence electrons. The number of carbonyl (C=O) groups is 1. The molecule has 0 bridgehead atoms. The Morgan fingerprint density at radius 1 is 1.50 bits per heavy atom. The number of aromatic amines is 1. The molecule has 1 amide bonds. The number of amides is 1. The molecule has 0 saturated carbocycles. The van der Waals surface area contributed by atoms with Gasteiger partial charge >= 0.3 is 6.01 Å². The van der Waals surface area contributed by atoms with Gasteiger partial charge in [0.05, 0.1) is 12.0 Å². The normalized spacial score (nSPS) is 10.1. The van der Waals surface area contributed by atoms with Crippen LogP contribution in [0.3, 0.4) is 0 Å². The molecule has 1 heterocycles. The lowest BCUT2D eigenvalue weighted by Crippen LogP contribution is -2.16. The van der Waals surface area contributed by atoms with Crippen LogP contribution >= 0.6 is 0 Å². The molecule has 20 heavy (non-hydrogen) atoms. The molecule has 1 aromatic carbocycles. The van der Waals surface area contributed by atoms with Gasteiger partial charge in [-0.05, 0) is 12.5 Å². The van der Waals surface area contributed by atoms with Gasteiger partial charge in [0.15, 0.2) is 0 Å². The number of aromatic nitrogens is 3. The van der Waals surface area contributed by atoms with Gasteiger partial charge in [-0.3, -0.25) is 20.2 Å². The Labute approximate surface area is 113 Å². The Morgan fingerprint density at radius 2 is 2.25 bits per heavy atom. The smallest absolute Gasteiger partial charge is 0.336 e. The summed E-state index contributed by atoms with van der Waals surface area (Å²) in [5, 5.41) is 19.4. The molecule has 2 aromatic rings. The molecule has 0 fully saturated rings.